The van der Waals surface area contributed by atoms with E-state index in [1.54, 1.807) is 12.1 Å². The van der Waals surface area contributed by atoms with Crippen LogP contribution in [-0.4, -0.2) is 16.7 Å². The molecule has 1 atom stereocenters. The first-order valence-corrected chi connectivity index (χ1v) is 7.47. The van der Waals surface area contributed by atoms with Crippen LogP contribution in [0.4, 0.5) is 4.39 Å². The van der Waals surface area contributed by atoms with E-state index in [9.17, 15) is 4.39 Å². The molecule has 6 heteroatoms. The topological polar surface area (TPSA) is 51.0 Å². The van der Waals surface area contributed by atoms with E-state index in [4.69, 9.17) is 16.1 Å². The zero-order valence-electron chi connectivity index (χ0n) is 11.8. The summed E-state index contributed by atoms with van der Waals surface area (Å²) in [5.41, 5.74) is 0.188. The van der Waals surface area contributed by atoms with Gasteiger partial charge in [0, 0.05) is 6.42 Å². The molecule has 3 rings (SSSR count). The van der Waals surface area contributed by atoms with Crippen molar-refractivity contribution in [2.75, 3.05) is 6.54 Å². The van der Waals surface area contributed by atoms with Gasteiger partial charge >= 0.3 is 0 Å². The van der Waals surface area contributed by atoms with Crippen molar-refractivity contribution in [3.63, 3.8) is 0 Å². The fourth-order valence-corrected chi connectivity index (χ4v) is 2.84. The predicted molar refractivity (Wildman–Crippen MR) is 77.7 cm³/mol. The predicted octanol–water partition coefficient (Wildman–Crippen LogP) is 3.44. The number of halogens is 2. The molecule has 0 bridgehead atoms. The Hall–Kier alpha value is -1.46. The van der Waals surface area contributed by atoms with Crippen LogP contribution in [0.25, 0.3) is 0 Å². The number of nitrogens with one attached hydrogen (secondary N) is 1. The average molecular weight is 310 g/mol. The van der Waals surface area contributed by atoms with E-state index in [1.807, 2.05) is 0 Å². The minimum Gasteiger partial charge on any atom is -0.337 e. The Balaban J connectivity index is 1.80. The first-order valence-electron chi connectivity index (χ1n) is 7.09. The number of piperidine rings is 1. The molecule has 1 unspecified atom stereocenters. The summed E-state index contributed by atoms with van der Waals surface area (Å²) in [5.74, 6) is 0.618. The Kier molecular flexibility index (Phi) is 3.95. The van der Waals surface area contributed by atoms with Crippen molar-refractivity contribution >= 4 is 11.6 Å². The quantitative estimate of drug-likeness (QED) is 0.943. The van der Waals surface area contributed by atoms with Crippen molar-refractivity contribution in [3.05, 3.63) is 46.3 Å². The second kappa shape index (κ2) is 5.73. The van der Waals surface area contributed by atoms with Gasteiger partial charge in [0.05, 0.1) is 10.6 Å². The minimum absolute atomic E-state index is 0.108. The number of nitrogens with zero attached hydrogens (tertiary/aromatic N) is 2. The van der Waals surface area contributed by atoms with E-state index < -0.39 is 5.82 Å². The Morgan fingerprint density at radius 3 is 3.05 bits per heavy atom. The molecule has 1 aromatic heterocycles. The number of rotatable bonds is 3. The van der Waals surface area contributed by atoms with E-state index >= 15 is 0 Å². The van der Waals surface area contributed by atoms with Gasteiger partial charge in [-0.15, -0.1) is 0 Å². The van der Waals surface area contributed by atoms with Crippen LogP contribution >= 0.6 is 11.6 Å². The van der Waals surface area contributed by atoms with Gasteiger partial charge < -0.3 is 9.84 Å². The van der Waals surface area contributed by atoms with Gasteiger partial charge in [-0.1, -0.05) is 28.9 Å². The summed E-state index contributed by atoms with van der Waals surface area (Å²) in [4.78, 5) is 4.42. The summed E-state index contributed by atoms with van der Waals surface area (Å²) in [6.07, 6.45) is 3.51. The standard InChI is InChI=1S/C15H17ClFN3O/c1-15(7-2-3-8-18-15)14-19-12(20-21-14)9-10-5-4-6-11(16)13(10)17/h4-6,18H,2-3,7-9H2,1H3. The Morgan fingerprint density at radius 2 is 2.29 bits per heavy atom. The first-order chi connectivity index (χ1) is 10.1. The van der Waals surface area contributed by atoms with Gasteiger partial charge in [0.2, 0.25) is 5.89 Å². The van der Waals surface area contributed by atoms with Crippen molar-refractivity contribution in [2.45, 2.75) is 38.1 Å². The Morgan fingerprint density at radius 1 is 1.43 bits per heavy atom. The van der Waals surface area contributed by atoms with E-state index in [1.165, 1.54) is 6.07 Å². The lowest BCUT2D eigenvalue weighted by Gasteiger charge is -2.31. The maximum atomic E-state index is 13.9. The van der Waals surface area contributed by atoms with Crippen LogP contribution < -0.4 is 5.32 Å². The van der Waals surface area contributed by atoms with E-state index in [-0.39, 0.29) is 17.0 Å². The maximum absolute atomic E-state index is 13.9. The molecule has 0 aliphatic carbocycles. The molecule has 21 heavy (non-hydrogen) atoms. The van der Waals surface area contributed by atoms with Gasteiger partial charge in [-0.2, -0.15) is 4.98 Å². The highest BCUT2D eigenvalue weighted by molar-refractivity contribution is 6.30. The van der Waals surface area contributed by atoms with Gasteiger partial charge in [-0.3, -0.25) is 0 Å². The van der Waals surface area contributed by atoms with Crippen LogP contribution in [0.1, 0.15) is 43.5 Å². The minimum atomic E-state index is -0.424. The van der Waals surface area contributed by atoms with E-state index in [0.29, 0.717) is 17.3 Å². The molecule has 112 valence electrons. The molecule has 2 heterocycles. The number of aromatic nitrogens is 2. The third-order valence-corrected chi connectivity index (χ3v) is 4.23. The van der Waals surface area contributed by atoms with Crippen LogP contribution in [0.2, 0.25) is 5.02 Å². The van der Waals surface area contributed by atoms with Crippen molar-refractivity contribution < 1.29 is 8.91 Å². The van der Waals surface area contributed by atoms with Crippen molar-refractivity contribution in [2.24, 2.45) is 0 Å². The molecule has 1 saturated heterocycles. The molecule has 0 spiro atoms. The first kappa shape index (κ1) is 14.5. The van der Waals surface area contributed by atoms with Crippen molar-refractivity contribution in [1.82, 2.24) is 15.5 Å². The second-order valence-electron chi connectivity index (χ2n) is 5.62. The van der Waals surface area contributed by atoms with Crippen molar-refractivity contribution in [3.8, 4) is 0 Å². The number of hydrogen-bond acceptors (Lipinski definition) is 4. The normalized spacial score (nSPS) is 22.4. The molecule has 1 fully saturated rings. The lowest BCUT2D eigenvalue weighted by Crippen LogP contribution is -2.43. The molecule has 1 aliphatic rings. The summed E-state index contributed by atoms with van der Waals surface area (Å²) in [5, 5.41) is 7.49. The molecule has 1 aromatic carbocycles. The zero-order valence-corrected chi connectivity index (χ0v) is 12.6. The van der Waals surface area contributed by atoms with Gasteiger partial charge in [-0.05, 0) is 44.4 Å². The van der Waals surface area contributed by atoms with Gasteiger partial charge in [0.25, 0.3) is 0 Å². The van der Waals surface area contributed by atoms with E-state index in [0.717, 1.165) is 25.8 Å². The maximum Gasteiger partial charge on any atom is 0.246 e. The third-order valence-electron chi connectivity index (χ3n) is 3.94. The average Bonchev–Trinajstić information content (AvgIpc) is 2.94. The fraction of sp³-hybridized carbons (Fsp3) is 0.467. The lowest BCUT2D eigenvalue weighted by molar-refractivity contribution is 0.206. The molecule has 0 radical (unpaired) electrons. The van der Waals surface area contributed by atoms with Crippen LogP contribution in [0.3, 0.4) is 0 Å². The largest absolute Gasteiger partial charge is 0.337 e. The smallest absolute Gasteiger partial charge is 0.246 e. The summed E-state index contributed by atoms with van der Waals surface area (Å²) < 4.78 is 19.3. The summed E-state index contributed by atoms with van der Waals surface area (Å²) >= 11 is 5.78. The Bertz CT molecular complexity index is 638. The van der Waals surface area contributed by atoms with E-state index in [2.05, 4.69) is 22.4 Å². The second-order valence-corrected chi connectivity index (χ2v) is 6.03. The number of benzene rings is 1. The molecular weight excluding hydrogens is 293 g/mol. The molecule has 0 saturated carbocycles. The molecular formula is C15H17ClFN3O. The molecule has 4 nitrogen and oxygen atoms in total. The number of hydrogen-bond donors (Lipinski definition) is 1. The highest BCUT2D eigenvalue weighted by atomic mass is 35.5. The van der Waals surface area contributed by atoms with Gasteiger partial charge in [0.15, 0.2) is 5.82 Å². The highest BCUT2D eigenvalue weighted by Crippen LogP contribution is 2.29. The lowest BCUT2D eigenvalue weighted by atomic mass is 9.91. The van der Waals surface area contributed by atoms with Gasteiger partial charge in [0.1, 0.15) is 5.82 Å². The molecule has 1 aliphatic heterocycles. The Labute approximate surface area is 127 Å². The zero-order chi connectivity index (χ0) is 14.9. The molecule has 0 amide bonds. The summed E-state index contributed by atoms with van der Waals surface area (Å²) in [6, 6.07) is 4.92. The van der Waals surface area contributed by atoms with Crippen LogP contribution in [0, 0.1) is 5.82 Å². The van der Waals surface area contributed by atoms with Gasteiger partial charge in [-0.25, -0.2) is 4.39 Å². The van der Waals surface area contributed by atoms with Crippen LogP contribution in [0.5, 0.6) is 0 Å². The highest BCUT2D eigenvalue weighted by Gasteiger charge is 2.34. The SMILES string of the molecule is CC1(c2nc(Cc3cccc(Cl)c3F)no2)CCCCN1. The summed E-state index contributed by atoms with van der Waals surface area (Å²) in [7, 11) is 0. The third kappa shape index (κ3) is 2.94. The molecule has 2 aromatic rings. The van der Waals surface area contributed by atoms with Crippen LogP contribution in [0.15, 0.2) is 22.7 Å². The summed E-state index contributed by atoms with van der Waals surface area (Å²) in [6.45, 7) is 3.00. The monoisotopic (exact) mass is 309 g/mol. The fourth-order valence-electron chi connectivity index (χ4n) is 2.64. The molecule has 1 N–H and O–H groups in total. The van der Waals surface area contributed by atoms with Crippen LogP contribution in [-0.2, 0) is 12.0 Å². The van der Waals surface area contributed by atoms with Crippen molar-refractivity contribution in [1.29, 1.82) is 0 Å².